The summed E-state index contributed by atoms with van der Waals surface area (Å²) in [5, 5.41) is 6.72. The Bertz CT molecular complexity index is 288. The monoisotopic (exact) mass is 237 g/mol. The standard InChI is InChI=1S/C13H23N3O/c17-13-4-3-10-8-16(7-5-12(10)15-13)9-11-2-1-6-14-11/h10-12,14H,1-9H2,(H,15,17)/t10?,11-,12?/m0/s1. The van der Waals surface area contributed by atoms with Crippen LogP contribution in [0.5, 0.6) is 0 Å². The van der Waals surface area contributed by atoms with E-state index in [0.717, 1.165) is 25.8 Å². The van der Waals surface area contributed by atoms with E-state index in [1.807, 2.05) is 0 Å². The Hall–Kier alpha value is -0.610. The van der Waals surface area contributed by atoms with E-state index in [4.69, 9.17) is 0 Å². The van der Waals surface area contributed by atoms with Gasteiger partial charge in [-0.15, -0.1) is 0 Å². The number of hydrogen-bond acceptors (Lipinski definition) is 3. The summed E-state index contributed by atoms with van der Waals surface area (Å²) in [7, 11) is 0. The average molecular weight is 237 g/mol. The van der Waals surface area contributed by atoms with Crippen molar-refractivity contribution >= 4 is 5.91 Å². The third-order valence-electron chi connectivity index (χ3n) is 4.55. The summed E-state index contributed by atoms with van der Waals surface area (Å²) in [5.41, 5.74) is 0. The molecule has 0 radical (unpaired) electrons. The van der Waals surface area contributed by atoms with Crippen LogP contribution in [0.1, 0.15) is 32.1 Å². The molecule has 0 spiro atoms. The molecule has 3 aliphatic heterocycles. The van der Waals surface area contributed by atoms with Gasteiger partial charge in [0, 0.05) is 38.1 Å². The van der Waals surface area contributed by atoms with Gasteiger partial charge in [0.1, 0.15) is 0 Å². The highest BCUT2D eigenvalue weighted by atomic mass is 16.1. The maximum atomic E-state index is 11.3. The lowest BCUT2D eigenvalue weighted by atomic mass is 9.85. The van der Waals surface area contributed by atoms with Gasteiger partial charge < -0.3 is 15.5 Å². The Balaban J connectivity index is 1.51. The topological polar surface area (TPSA) is 44.4 Å². The first kappa shape index (κ1) is 11.5. The lowest BCUT2D eigenvalue weighted by molar-refractivity contribution is -0.125. The van der Waals surface area contributed by atoms with Crippen LogP contribution < -0.4 is 10.6 Å². The van der Waals surface area contributed by atoms with Gasteiger partial charge in [0.25, 0.3) is 0 Å². The fourth-order valence-electron chi connectivity index (χ4n) is 3.58. The minimum atomic E-state index is 0.261. The summed E-state index contributed by atoms with van der Waals surface area (Å²) in [5.74, 6) is 0.958. The van der Waals surface area contributed by atoms with E-state index < -0.39 is 0 Å². The third-order valence-corrected chi connectivity index (χ3v) is 4.55. The van der Waals surface area contributed by atoms with Crippen LogP contribution in [0.4, 0.5) is 0 Å². The van der Waals surface area contributed by atoms with Gasteiger partial charge in [0.05, 0.1) is 0 Å². The Kier molecular flexibility index (Phi) is 3.34. The molecule has 4 nitrogen and oxygen atoms in total. The molecule has 0 bridgehead atoms. The summed E-state index contributed by atoms with van der Waals surface area (Å²) < 4.78 is 0. The van der Waals surface area contributed by atoms with Gasteiger partial charge in [-0.25, -0.2) is 0 Å². The predicted molar refractivity (Wildman–Crippen MR) is 66.7 cm³/mol. The van der Waals surface area contributed by atoms with Gasteiger partial charge in [-0.2, -0.15) is 0 Å². The van der Waals surface area contributed by atoms with E-state index in [-0.39, 0.29) is 5.91 Å². The number of carbonyl (C=O) groups is 1. The first-order chi connectivity index (χ1) is 8.31. The highest BCUT2D eigenvalue weighted by Gasteiger charge is 2.34. The highest BCUT2D eigenvalue weighted by Crippen LogP contribution is 2.25. The molecule has 0 aromatic rings. The molecule has 2 N–H and O–H groups in total. The largest absolute Gasteiger partial charge is 0.353 e. The number of nitrogens with one attached hydrogen (secondary N) is 2. The second-order valence-electron chi connectivity index (χ2n) is 5.81. The molecule has 3 saturated heterocycles. The molecular formula is C13H23N3O. The molecule has 3 aliphatic rings. The smallest absolute Gasteiger partial charge is 0.220 e. The molecule has 17 heavy (non-hydrogen) atoms. The van der Waals surface area contributed by atoms with E-state index in [2.05, 4.69) is 15.5 Å². The molecule has 0 aromatic carbocycles. The lowest BCUT2D eigenvalue weighted by Gasteiger charge is -2.42. The summed E-state index contributed by atoms with van der Waals surface area (Å²) in [6, 6.07) is 1.17. The Morgan fingerprint density at radius 3 is 3.06 bits per heavy atom. The van der Waals surface area contributed by atoms with Crippen molar-refractivity contribution in [2.75, 3.05) is 26.2 Å². The lowest BCUT2D eigenvalue weighted by Crippen LogP contribution is -2.55. The fourth-order valence-corrected chi connectivity index (χ4v) is 3.58. The van der Waals surface area contributed by atoms with Crippen molar-refractivity contribution in [3.05, 3.63) is 0 Å². The number of rotatable bonds is 2. The zero-order chi connectivity index (χ0) is 11.7. The molecule has 96 valence electrons. The van der Waals surface area contributed by atoms with Crippen LogP contribution in [-0.2, 0) is 4.79 Å². The Labute approximate surface area is 103 Å². The van der Waals surface area contributed by atoms with Crippen LogP contribution in [0.15, 0.2) is 0 Å². The van der Waals surface area contributed by atoms with E-state index in [9.17, 15) is 4.79 Å². The Morgan fingerprint density at radius 1 is 1.29 bits per heavy atom. The van der Waals surface area contributed by atoms with Crippen molar-refractivity contribution in [2.24, 2.45) is 5.92 Å². The van der Waals surface area contributed by atoms with Crippen LogP contribution in [0.3, 0.4) is 0 Å². The van der Waals surface area contributed by atoms with E-state index in [1.54, 1.807) is 0 Å². The van der Waals surface area contributed by atoms with Crippen LogP contribution in [-0.4, -0.2) is 49.1 Å². The van der Waals surface area contributed by atoms with Gasteiger partial charge >= 0.3 is 0 Å². The molecular weight excluding hydrogens is 214 g/mol. The van der Waals surface area contributed by atoms with Crippen molar-refractivity contribution in [3.8, 4) is 0 Å². The maximum absolute atomic E-state index is 11.3. The predicted octanol–water partition coefficient (Wildman–Crippen LogP) is 0.339. The summed E-state index contributed by atoms with van der Waals surface area (Å²) in [6.07, 6.45) is 5.63. The van der Waals surface area contributed by atoms with Crippen LogP contribution in [0.25, 0.3) is 0 Å². The second-order valence-corrected chi connectivity index (χ2v) is 5.81. The van der Waals surface area contributed by atoms with Crippen molar-refractivity contribution in [3.63, 3.8) is 0 Å². The third kappa shape index (κ3) is 2.63. The number of piperidine rings is 2. The van der Waals surface area contributed by atoms with E-state index >= 15 is 0 Å². The molecule has 0 aliphatic carbocycles. The molecule has 4 heteroatoms. The number of amides is 1. The van der Waals surface area contributed by atoms with E-state index in [1.165, 1.54) is 32.5 Å². The number of likely N-dealkylation sites (tertiary alicyclic amines) is 1. The van der Waals surface area contributed by atoms with Crippen molar-refractivity contribution in [1.82, 2.24) is 15.5 Å². The minimum Gasteiger partial charge on any atom is -0.353 e. The zero-order valence-corrected chi connectivity index (χ0v) is 10.5. The Morgan fingerprint density at radius 2 is 2.24 bits per heavy atom. The number of hydrogen-bond donors (Lipinski definition) is 2. The first-order valence-corrected chi connectivity index (χ1v) is 7.06. The van der Waals surface area contributed by atoms with Crippen LogP contribution in [0.2, 0.25) is 0 Å². The number of nitrogens with zero attached hydrogens (tertiary/aromatic N) is 1. The fraction of sp³-hybridized carbons (Fsp3) is 0.923. The van der Waals surface area contributed by atoms with Crippen molar-refractivity contribution in [2.45, 2.75) is 44.2 Å². The van der Waals surface area contributed by atoms with Gasteiger partial charge in [-0.05, 0) is 38.1 Å². The second kappa shape index (κ2) is 4.94. The summed E-state index contributed by atoms with van der Waals surface area (Å²) in [6.45, 7) is 4.74. The van der Waals surface area contributed by atoms with Crippen molar-refractivity contribution in [1.29, 1.82) is 0 Å². The molecule has 3 heterocycles. The molecule has 0 saturated carbocycles. The van der Waals surface area contributed by atoms with E-state index in [0.29, 0.717) is 18.0 Å². The minimum absolute atomic E-state index is 0.261. The quantitative estimate of drug-likeness (QED) is 0.728. The molecule has 1 amide bonds. The molecule has 3 atom stereocenters. The first-order valence-electron chi connectivity index (χ1n) is 7.06. The van der Waals surface area contributed by atoms with Gasteiger partial charge in [0.15, 0.2) is 0 Å². The maximum Gasteiger partial charge on any atom is 0.220 e. The molecule has 0 aromatic heterocycles. The molecule has 2 unspecified atom stereocenters. The summed E-state index contributed by atoms with van der Waals surface area (Å²) >= 11 is 0. The zero-order valence-electron chi connectivity index (χ0n) is 10.5. The highest BCUT2D eigenvalue weighted by molar-refractivity contribution is 5.77. The number of fused-ring (bicyclic) bond motifs is 1. The van der Waals surface area contributed by atoms with Crippen LogP contribution in [0, 0.1) is 5.92 Å². The van der Waals surface area contributed by atoms with Gasteiger partial charge in [-0.1, -0.05) is 0 Å². The molecule has 3 rings (SSSR count). The average Bonchev–Trinajstić information content (AvgIpc) is 2.82. The summed E-state index contributed by atoms with van der Waals surface area (Å²) in [4.78, 5) is 13.9. The normalized spacial score (nSPS) is 38.8. The van der Waals surface area contributed by atoms with Gasteiger partial charge in [0.2, 0.25) is 5.91 Å². The molecule has 3 fully saturated rings. The number of carbonyl (C=O) groups excluding carboxylic acids is 1. The van der Waals surface area contributed by atoms with Crippen molar-refractivity contribution < 1.29 is 4.79 Å². The van der Waals surface area contributed by atoms with Crippen LogP contribution >= 0.6 is 0 Å². The SMILES string of the molecule is O=C1CCC2CN(C[C@@H]3CCCN3)CCC2N1. The van der Waals surface area contributed by atoms with Gasteiger partial charge in [-0.3, -0.25) is 4.79 Å².